The third-order valence-corrected chi connectivity index (χ3v) is 5.57. The number of ketones is 1. The first-order valence-electron chi connectivity index (χ1n) is 7.08. The van der Waals surface area contributed by atoms with Crippen molar-refractivity contribution in [2.45, 2.75) is 6.92 Å². The molecule has 6 heteroatoms. The van der Waals surface area contributed by atoms with Gasteiger partial charge < -0.3 is 9.72 Å². The molecular weight excluding hydrogens is 460 g/mol. The SMILES string of the molecule is Cc1ccc(Oc2ccccc2)c(C(=O)c2[nH]c(Cl)c(Cl)c2I)c1. The van der Waals surface area contributed by atoms with Gasteiger partial charge in [0.15, 0.2) is 0 Å². The molecule has 24 heavy (non-hydrogen) atoms. The van der Waals surface area contributed by atoms with E-state index in [9.17, 15) is 4.79 Å². The van der Waals surface area contributed by atoms with Gasteiger partial charge in [0.25, 0.3) is 0 Å². The molecule has 2 aromatic carbocycles. The van der Waals surface area contributed by atoms with E-state index < -0.39 is 0 Å². The minimum Gasteiger partial charge on any atom is -0.457 e. The average Bonchev–Trinajstić information content (AvgIpc) is 2.84. The van der Waals surface area contributed by atoms with Gasteiger partial charge in [0.2, 0.25) is 5.78 Å². The van der Waals surface area contributed by atoms with Crippen molar-refractivity contribution in [1.82, 2.24) is 4.98 Å². The number of ether oxygens (including phenoxy) is 1. The lowest BCUT2D eigenvalue weighted by molar-refractivity contribution is 0.103. The van der Waals surface area contributed by atoms with E-state index in [1.807, 2.05) is 65.9 Å². The third-order valence-electron chi connectivity index (χ3n) is 3.42. The summed E-state index contributed by atoms with van der Waals surface area (Å²) in [6.45, 7) is 1.92. The van der Waals surface area contributed by atoms with Crippen LogP contribution >= 0.6 is 45.8 Å². The Morgan fingerprint density at radius 1 is 1.12 bits per heavy atom. The highest BCUT2D eigenvalue weighted by Gasteiger charge is 2.23. The van der Waals surface area contributed by atoms with Crippen molar-refractivity contribution in [1.29, 1.82) is 0 Å². The number of rotatable bonds is 4. The van der Waals surface area contributed by atoms with Gasteiger partial charge in [0, 0.05) is 0 Å². The van der Waals surface area contributed by atoms with Gasteiger partial charge in [0.05, 0.1) is 14.2 Å². The number of nitrogens with one attached hydrogen (secondary N) is 1. The third kappa shape index (κ3) is 3.45. The number of aromatic nitrogens is 1. The molecule has 1 heterocycles. The zero-order valence-electron chi connectivity index (χ0n) is 12.6. The number of aryl methyl sites for hydroxylation is 1. The number of para-hydroxylation sites is 1. The molecule has 0 atom stereocenters. The second-order valence-electron chi connectivity index (χ2n) is 5.19. The molecule has 0 unspecified atom stereocenters. The molecule has 0 bridgehead atoms. The molecular formula is C18H12Cl2INO2. The van der Waals surface area contributed by atoms with Crippen LogP contribution in [0.1, 0.15) is 21.6 Å². The molecule has 0 radical (unpaired) electrons. The molecule has 0 spiro atoms. The Labute approximate surface area is 163 Å². The fourth-order valence-electron chi connectivity index (χ4n) is 2.24. The predicted molar refractivity (Wildman–Crippen MR) is 105 cm³/mol. The van der Waals surface area contributed by atoms with Gasteiger partial charge in [0.1, 0.15) is 22.3 Å². The van der Waals surface area contributed by atoms with E-state index in [-0.39, 0.29) is 10.9 Å². The van der Waals surface area contributed by atoms with Crippen LogP contribution in [-0.4, -0.2) is 10.8 Å². The lowest BCUT2D eigenvalue weighted by atomic mass is 10.0. The average molecular weight is 472 g/mol. The van der Waals surface area contributed by atoms with E-state index >= 15 is 0 Å². The van der Waals surface area contributed by atoms with Crippen LogP contribution in [0.15, 0.2) is 48.5 Å². The summed E-state index contributed by atoms with van der Waals surface area (Å²) >= 11 is 14.1. The van der Waals surface area contributed by atoms with Crippen molar-refractivity contribution >= 4 is 51.6 Å². The number of benzene rings is 2. The maximum atomic E-state index is 13.0. The van der Waals surface area contributed by atoms with E-state index in [1.54, 1.807) is 12.1 Å². The first kappa shape index (κ1) is 17.3. The highest BCUT2D eigenvalue weighted by atomic mass is 127. The Kier molecular flexibility index (Phi) is 5.18. The molecule has 0 aliphatic carbocycles. The molecule has 0 aliphatic rings. The Bertz CT molecular complexity index is 907. The largest absolute Gasteiger partial charge is 0.457 e. The maximum absolute atomic E-state index is 13.0. The first-order valence-corrected chi connectivity index (χ1v) is 8.91. The van der Waals surface area contributed by atoms with Crippen molar-refractivity contribution in [2.75, 3.05) is 0 Å². The minimum atomic E-state index is -0.220. The van der Waals surface area contributed by atoms with Gasteiger partial charge in [-0.3, -0.25) is 4.79 Å². The van der Waals surface area contributed by atoms with Gasteiger partial charge >= 0.3 is 0 Å². The summed E-state index contributed by atoms with van der Waals surface area (Å²) in [7, 11) is 0. The Hall–Kier alpha value is -1.50. The summed E-state index contributed by atoms with van der Waals surface area (Å²) in [5.41, 5.74) is 1.76. The summed E-state index contributed by atoms with van der Waals surface area (Å²) in [5.74, 6) is 0.921. The number of carbonyl (C=O) groups is 1. The molecule has 3 aromatic rings. The molecule has 0 saturated heterocycles. The summed E-state index contributed by atoms with van der Waals surface area (Å²) < 4.78 is 6.47. The monoisotopic (exact) mass is 471 g/mol. The van der Waals surface area contributed by atoms with E-state index in [4.69, 9.17) is 27.9 Å². The van der Waals surface area contributed by atoms with Crippen LogP contribution in [-0.2, 0) is 0 Å². The highest BCUT2D eigenvalue weighted by Crippen LogP contribution is 2.33. The zero-order valence-corrected chi connectivity index (χ0v) is 16.2. The fraction of sp³-hybridized carbons (Fsp3) is 0.0556. The van der Waals surface area contributed by atoms with Gasteiger partial charge in [-0.2, -0.15) is 0 Å². The van der Waals surface area contributed by atoms with Crippen molar-refractivity contribution in [3.63, 3.8) is 0 Å². The normalized spacial score (nSPS) is 10.7. The molecule has 0 aliphatic heterocycles. The molecule has 122 valence electrons. The van der Waals surface area contributed by atoms with Crippen LogP contribution in [0.2, 0.25) is 10.2 Å². The summed E-state index contributed by atoms with van der Waals surface area (Å²) in [5, 5.41) is 0.599. The molecule has 3 nitrogen and oxygen atoms in total. The van der Waals surface area contributed by atoms with Crippen molar-refractivity contribution in [2.24, 2.45) is 0 Å². The highest BCUT2D eigenvalue weighted by molar-refractivity contribution is 14.1. The van der Waals surface area contributed by atoms with Crippen molar-refractivity contribution < 1.29 is 9.53 Å². The summed E-state index contributed by atoms with van der Waals surface area (Å²) in [4.78, 5) is 15.8. The molecule has 0 amide bonds. The number of halogens is 3. The first-order chi connectivity index (χ1) is 11.5. The maximum Gasteiger partial charge on any atom is 0.214 e. The van der Waals surface area contributed by atoms with Crippen molar-refractivity contribution in [3.05, 3.63) is 79.1 Å². The Morgan fingerprint density at radius 3 is 2.46 bits per heavy atom. The van der Waals surface area contributed by atoms with E-state index in [0.717, 1.165) is 5.56 Å². The van der Waals surface area contributed by atoms with Crippen LogP contribution in [0.25, 0.3) is 0 Å². The fourth-order valence-corrected chi connectivity index (χ4v) is 3.38. The Balaban J connectivity index is 2.04. The number of H-pyrrole nitrogens is 1. The second kappa shape index (κ2) is 7.17. The smallest absolute Gasteiger partial charge is 0.214 e. The molecule has 0 fully saturated rings. The van der Waals surface area contributed by atoms with Gasteiger partial charge in [-0.15, -0.1) is 0 Å². The number of hydrogen-bond acceptors (Lipinski definition) is 2. The summed E-state index contributed by atoms with van der Waals surface area (Å²) in [6, 6.07) is 14.8. The van der Waals surface area contributed by atoms with Crippen molar-refractivity contribution in [3.8, 4) is 11.5 Å². The molecule has 3 rings (SSSR count). The topological polar surface area (TPSA) is 42.1 Å². The second-order valence-corrected chi connectivity index (χ2v) is 7.02. The Morgan fingerprint density at radius 2 is 1.83 bits per heavy atom. The number of aromatic amines is 1. The summed E-state index contributed by atoms with van der Waals surface area (Å²) in [6.07, 6.45) is 0. The van der Waals surface area contributed by atoms with E-state index in [0.29, 0.717) is 31.3 Å². The number of carbonyl (C=O) groups excluding carboxylic acids is 1. The lowest BCUT2D eigenvalue weighted by Crippen LogP contribution is -2.06. The van der Waals surface area contributed by atoms with Gasteiger partial charge in [-0.1, -0.05) is 53.0 Å². The van der Waals surface area contributed by atoms with E-state index in [1.165, 1.54) is 0 Å². The van der Waals surface area contributed by atoms with E-state index in [2.05, 4.69) is 4.98 Å². The van der Waals surface area contributed by atoms with Crippen LogP contribution in [0.4, 0.5) is 0 Å². The lowest BCUT2D eigenvalue weighted by Gasteiger charge is -2.11. The van der Waals surface area contributed by atoms with Crippen LogP contribution in [0.3, 0.4) is 0 Å². The quantitative estimate of drug-likeness (QED) is 0.360. The predicted octanol–water partition coefficient (Wildman–Crippen LogP) is 6.26. The van der Waals surface area contributed by atoms with Crippen LogP contribution < -0.4 is 4.74 Å². The minimum absolute atomic E-state index is 0.220. The number of hydrogen-bond donors (Lipinski definition) is 1. The molecule has 1 aromatic heterocycles. The van der Waals surface area contributed by atoms with Crippen LogP contribution in [0, 0.1) is 10.5 Å². The zero-order chi connectivity index (χ0) is 17.3. The van der Waals surface area contributed by atoms with Gasteiger partial charge in [-0.05, 0) is 53.8 Å². The van der Waals surface area contributed by atoms with Gasteiger partial charge in [-0.25, -0.2) is 0 Å². The standard InChI is InChI=1S/C18H12Cl2INO2/c1-10-7-8-13(24-11-5-3-2-4-6-11)12(9-10)17(23)16-15(21)14(19)18(20)22-16/h2-9,22H,1H3. The van der Waals surface area contributed by atoms with Crippen LogP contribution in [0.5, 0.6) is 11.5 Å². The molecule has 1 N–H and O–H groups in total. The molecule has 0 saturated carbocycles.